The van der Waals surface area contributed by atoms with Gasteiger partial charge in [-0.3, -0.25) is 9.78 Å². The Morgan fingerprint density at radius 3 is 2.81 bits per heavy atom. The predicted molar refractivity (Wildman–Crippen MR) is 98.0 cm³/mol. The molecule has 8 heteroatoms. The van der Waals surface area contributed by atoms with Gasteiger partial charge in [0.25, 0.3) is 5.91 Å². The molecule has 0 spiro atoms. The van der Waals surface area contributed by atoms with Gasteiger partial charge in [-0.25, -0.2) is 4.68 Å². The summed E-state index contributed by atoms with van der Waals surface area (Å²) in [5.41, 5.74) is 0.626. The van der Waals surface area contributed by atoms with Crippen LogP contribution >= 0.6 is 0 Å². The summed E-state index contributed by atoms with van der Waals surface area (Å²) in [5.74, 6) is -0.178. The summed E-state index contributed by atoms with van der Waals surface area (Å²) in [6.07, 6.45) is 4.65. The first-order chi connectivity index (χ1) is 12.3. The van der Waals surface area contributed by atoms with E-state index in [9.17, 15) is 9.90 Å². The second kappa shape index (κ2) is 7.03. The van der Waals surface area contributed by atoms with Gasteiger partial charge in [0.15, 0.2) is 0 Å². The summed E-state index contributed by atoms with van der Waals surface area (Å²) in [7, 11) is 3.84. The van der Waals surface area contributed by atoms with Crippen molar-refractivity contribution in [3.8, 4) is 0 Å². The molecule has 2 aromatic heterocycles. The summed E-state index contributed by atoms with van der Waals surface area (Å²) in [5, 5.41) is 19.3. The van der Waals surface area contributed by atoms with Crippen LogP contribution in [0.4, 0.5) is 5.69 Å². The van der Waals surface area contributed by atoms with Gasteiger partial charge in [0, 0.05) is 38.6 Å². The van der Waals surface area contributed by atoms with E-state index in [1.165, 1.54) is 0 Å². The molecule has 3 heterocycles. The van der Waals surface area contributed by atoms with Crippen LogP contribution in [0.15, 0.2) is 24.5 Å². The second-order valence-electron chi connectivity index (χ2n) is 7.33. The number of β-amino-alcohol motifs (C(OH)–C–C–N with tert-alkyl or cyclic N) is 1. The van der Waals surface area contributed by atoms with Crippen LogP contribution < -0.4 is 4.90 Å². The number of carbonyl (C=O) groups excluding carboxylic acids is 1. The van der Waals surface area contributed by atoms with Crippen LogP contribution in [0.3, 0.4) is 0 Å². The van der Waals surface area contributed by atoms with Crippen molar-refractivity contribution in [2.24, 2.45) is 0 Å². The summed E-state index contributed by atoms with van der Waals surface area (Å²) >= 11 is 0. The van der Waals surface area contributed by atoms with E-state index < -0.39 is 5.60 Å². The lowest BCUT2D eigenvalue weighted by atomic mass is 9.90. The average molecular weight is 358 g/mol. The highest BCUT2D eigenvalue weighted by molar-refractivity contribution is 5.93. The number of rotatable bonds is 4. The van der Waals surface area contributed by atoms with E-state index >= 15 is 0 Å². The normalized spacial score (nSPS) is 20.5. The summed E-state index contributed by atoms with van der Waals surface area (Å²) in [4.78, 5) is 20.7. The van der Waals surface area contributed by atoms with Crippen molar-refractivity contribution in [2.45, 2.75) is 38.3 Å². The van der Waals surface area contributed by atoms with E-state index in [0.717, 1.165) is 5.69 Å². The van der Waals surface area contributed by atoms with Crippen molar-refractivity contribution in [1.29, 1.82) is 0 Å². The fraction of sp³-hybridized carbons (Fsp3) is 0.556. The van der Waals surface area contributed by atoms with Crippen molar-refractivity contribution < 1.29 is 9.90 Å². The Kier molecular flexibility index (Phi) is 4.95. The van der Waals surface area contributed by atoms with Crippen molar-refractivity contribution in [1.82, 2.24) is 24.9 Å². The van der Waals surface area contributed by atoms with Gasteiger partial charge in [-0.05, 0) is 38.8 Å². The number of amides is 1. The molecule has 8 nitrogen and oxygen atoms in total. The fourth-order valence-electron chi connectivity index (χ4n) is 3.14. The van der Waals surface area contributed by atoms with E-state index in [0.29, 0.717) is 30.8 Å². The first kappa shape index (κ1) is 18.3. The number of piperidine rings is 1. The minimum absolute atomic E-state index is 0.166. The number of aliphatic hydroxyl groups is 1. The standard InChI is InChI=1S/C18H26N6O2/c1-13(2)24-11-16(20-21-24)18(26)7-5-9-23(12-18)17(25)15-10-14(22(3)4)6-8-19-15/h6,8,10-11,13,26H,5,7,9,12H2,1-4H3. The smallest absolute Gasteiger partial charge is 0.272 e. The maximum atomic E-state index is 12.9. The van der Waals surface area contributed by atoms with Crippen molar-refractivity contribution in [3.63, 3.8) is 0 Å². The molecule has 26 heavy (non-hydrogen) atoms. The zero-order valence-electron chi connectivity index (χ0n) is 15.8. The molecular formula is C18H26N6O2. The lowest BCUT2D eigenvalue weighted by molar-refractivity contribution is -0.0322. The molecule has 2 aromatic rings. The van der Waals surface area contributed by atoms with Crippen LogP contribution in [-0.4, -0.2) is 63.1 Å². The SMILES string of the molecule is CC(C)n1cc(C2(O)CCCN(C(=O)c3cc(N(C)C)ccn3)C2)nn1. The van der Waals surface area contributed by atoms with E-state index in [2.05, 4.69) is 15.3 Å². The molecule has 1 amide bonds. The molecule has 140 valence electrons. The predicted octanol–water partition coefficient (Wildman–Crippen LogP) is 1.44. The van der Waals surface area contributed by atoms with Crippen LogP contribution in [0, 0.1) is 0 Å². The maximum Gasteiger partial charge on any atom is 0.272 e. The molecule has 0 radical (unpaired) electrons. The van der Waals surface area contributed by atoms with E-state index in [-0.39, 0.29) is 18.5 Å². The van der Waals surface area contributed by atoms with Crippen LogP contribution in [0.2, 0.25) is 0 Å². The molecule has 1 aliphatic heterocycles. The molecule has 0 aliphatic carbocycles. The molecule has 1 fully saturated rings. The summed E-state index contributed by atoms with van der Waals surface area (Å²) < 4.78 is 1.72. The van der Waals surface area contributed by atoms with Crippen LogP contribution in [0.1, 0.15) is 48.9 Å². The van der Waals surface area contributed by atoms with E-state index in [4.69, 9.17) is 0 Å². The van der Waals surface area contributed by atoms with Gasteiger partial charge in [-0.2, -0.15) is 0 Å². The number of likely N-dealkylation sites (tertiary alicyclic amines) is 1. The molecule has 1 atom stereocenters. The minimum Gasteiger partial charge on any atom is -0.382 e. The van der Waals surface area contributed by atoms with Crippen LogP contribution in [0.5, 0.6) is 0 Å². The Bertz CT molecular complexity index is 787. The monoisotopic (exact) mass is 358 g/mol. The van der Waals surface area contributed by atoms with Gasteiger partial charge in [0.1, 0.15) is 17.0 Å². The average Bonchev–Trinajstić information content (AvgIpc) is 3.12. The molecule has 3 rings (SSSR count). The zero-order chi connectivity index (χ0) is 18.9. The first-order valence-electron chi connectivity index (χ1n) is 8.87. The summed E-state index contributed by atoms with van der Waals surface area (Å²) in [6.45, 7) is 4.79. The van der Waals surface area contributed by atoms with Gasteiger partial charge < -0.3 is 14.9 Å². The first-order valence-corrected chi connectivity index (χ1v) is 8.87. The Morgan fingerprint density at radius 1 is 1.38 bits per heavy atom. The number of nitrogens with zero attached hydrogens (tertiary/aromatic N) is 6. The lowest BCUT2D eigenvalue weighted by Gasteiger charge is -2.37. The third kappa shape index (κ3) is 3.55. The van der Waals surface area contributed by atoms with Crippen LogP contribution in [-0.2, 0) is 5.60 Å². The highest BCUT2D eigenvalue weighted by Gasteiger charge is 2.39. The van der Waals surface area contributed by atoms with Gasteiger partial charge in [0.2, 0.25) is 0 Å². The highest BCUT2D eigenvalue weighted by atomic mass is 16.3. The highest BCUT2D eigenvalue weighted by Crippen LogP contribution is 2.31. The molecule has 0 bridgehead atoms. The van der Waals surface area contributed by atoms with Crippen molar-refractivity contribution in [2.75, 3.05) is 32.1 Å². The molecule has 0 saturated carbocycles. The zero-order valence-corrected chi connectivity index (χ0v) is 15.8. The fourth-order valence-corrected chi connectivity index (χ4v) is 3.14. The summed E-state index contributed by atoms with van der Waals surface area (Å²) in [6, 6.07) is 3.79. The molecule has 0 aromatic carbocycles. The van der Waals surface area contributed by atoms with Crippen LogP contribution in [0.25, 0.3) is 0 Å². The number of aromatic nitrogens is 4. The third-order valence-electron chi connectivity index (χ3n) is 4.75. The second-order valence-corrected chi connectivity index (χ2v) is 7.33. The van der Waals surface area contributed by atoms with Gasteiger partial charge in [-0.15, -0.1) is 5.10 Å². The van der Waals surface area contributed by atoms with Crippen molar-refractivity contribution >= 4 is 11.6 Å². The Balaban J connectivity index is 1.81. The quantitative estimate of drug-likeness (QED) is 0.890. The molecule has 1 unspecified atom stereocenters. The number of hydrogen-bond acceptors (Lipinski definition) is 6. The number of hydrogen-bond donors (Lipinski definition) is 1. The van der Waals surface area contributed by atoms with Gasteiger partial charge in [-0.1, -0.05) is 5.21 Å². The minimum atomic E-state index is -1.18. The van der Waals surface area contributed by atoms with Gasteiger partial charge >= 0.3 is 0 Å². The van der Waals surface area contributed by atoms with Gasteiger partial charge in [0.05, 0.1) is 12.7 Å². The molecule has 1 N–H and O–H groups in total. The number of anilines is 1. The van der Waals surface area contributed by atoms with E-state index in [1.807, 2.05) is 38.9 Å². The Hall–Kier alpha value is -2.48. The Morgan fingerprint density at radius 2 is 2.15 bits per heavy atom. The van der Waals surface area contributed by atoms with Crippen molar-refractivity contribution in [3.05, 3.63) is 35.9 Å². The molecular weight excluding hydrogens is 332 g/mol. The van der Waals surface area contributed by atoms with E-state index in [1.54, 1.807) is 28.0 Å². The molecule has 1 saturated heterocycles. The largest absolute Gasteiger partial charge is 0.382 e. The third-order valence-corrected chi connectivity index (χ3v) is 4.75. The number of pyridine rings is 1. The number of carbonyl (C=O) groups is 1. The topological polar surface area (TPSA) is 87.4 Å². The lowest BCUT2D eigenvalue weighted by Crippen LogP contribution is -2.49. The molecule has 1 aliphatic rings. The maximum absolute atomic E-state index is 12.9. The Labute approximate surface area is 153 Å².